The molecule has 4 aromatic carbocycles. The van der Waals surface area contributed by atoms with Gasteiger partial charge in [-0.25, -0.2) is 0 Å². The number of aromatic hydroxyl groups is 1. The quantitative estimate of drug-likeness (QED) is 0.298. The predicted octanol–water partition coefficient (Wildman–Crippen LogP) is 4.61. The van der Waals surface area contributed by atoms with Crippen LogP contribution in [-0.2, 0) is 20.2 Å². The molecule has 0 amide bonds. The van der Waals surface area contributed by atoms with Crippen LogP contribution in [0, 0.1) is 0 Å². The molecule has 4 rings (SSSR count). The molecule has 0 aliphatic rings. The molecule has 4 aromatic rings. The maximum atomic E-state index is 11.9. The van der Waals surface area contributed by atoms with Crippen LogP contribution in [0.3, 0.4) is 0 Å². The van der Waals surface area contributed by atoms with Gasteiger partial charge in [0.05, 0.1) is 10.6 Å². The van der Waals surface area contributed by atoms with Crippen molar-refractivity contribution in [2.75, 3.05) is 0 Å². The van der Waals surface area contributed by atoms with Crippen molar-refractivity contribution in [1.82, 2.24) is 0 Å². The molecule has 0 aliphatic heterocycles. The van der Waals surface area contributed by atoms with Crippen LogP contribution in [0.5, 0.6) is 5.75 Å². The number of hydrogen-bond acceptors (Lipinski definition) is 7. The lowest BCUT2D eigenvalue weighted by atomic mass is 10.1. The number of phenols is 1. The lowest BCUT2D eigenvalue weighted by Crippen LogP contribution is -2.00. The molecule has 0 atom stereocenters. The van der Waals surface area contributed by atoms with Crippen molar-refractivity contribution >= 4 is 53.2 Å². The normalized spacial score (nSPS) is 12.7. The summed E-state index contributed by atoms with van der Waals surface area (Å²) in [6.45, 7) is 0. The predicted molar refractivity (Wildman–Crippen MR) is 113 cm³/mol. The SMILES string of the molecule is O=S(=O)(O)c1ccc2c(O)c(N=Nc3cccc4ccccc34)c(S(=O)(=O)O)cc2c1. The molecule has 0 unspecified atom stereocenters. The number of phenolic OH excluding ortho intramolecular Hbond substituents is 1. The first-order valence-electron chi connectivity index (χ1n) is 8.70. The van der Waals surface area contributed by atoms with Gasteiger partial charge >= 0.3 is 0 Å². The summed E-state index contributed by atoms with van der Waals surface area (Å²) >= 11 is 0. The Balaban J connectivity index is 1.96. The first kappa shape index (κ1) is 20.9. The average Bonchev–Trinajstić information content (AvgIpc) is 2.71. The van der Waals surface area contributed by atoms with Crippen molar-refractivity contribution in [3.05, 3.63) is 66.7 Å². The van der Waals surface area contributed by atoms with E-state index >= 15 is 0 Å². The standard InChI is InChI=1S/C20H14N2O7S2/c23-20-16-9-8-14(30(24,25)26)10-13(16)11-18(31(27,28)29)19(20)22-21-17-7-3-5-12-4-1-2-6-15(12)17/h1-11,23H,(H,24,25,26)(H,27,28,29). The molecule has 9 nitrogen and oxygen atoms in total. The Morgan fingerprint density at radius 3 is 2.10 bits per heavy atom. The minimum absolute atomic E-state index is 0.0478. The second kappa shape index (κ2) is 7.39. The molecule has 0 aliphatic carbocycles. The molecule has 0 radical (unpaired) electrons. The van der Waals surface area contributed by atoms with Gasteiger partial charge in [0.15, 0.2) is 5.75 Å². The molecule has 3 N–H and O–H groups in total. The van der Waals surface area contributed by atoms with Gasteiger partial charge in [-0.1, -0.05) is 36.4 Å². The van der Waals surface area contributed by atoms with Crippen LogP contribution >= 0.6 is 0 Å². The third-order valence-electron chi connectivity index (χ3n) is 4.62. The molecule has 0 fully saturated rings. The number of benzene rings is 4. The molecule has 158 valence electrons. The number of nitrogens with zero attached hydrogens (tertiary/aromatic N) is 2. The molecule has 0 heterocycles. The Morgan fingerprint density at radius 2 is 1.39 bits per heavy atom. The van der Waals surface area contributed by atoms with E-state index in [2.05, 4.69) is 10.2 Å². The number of azo groups is 1. The Labute approximate surface area is 176 Å². The smallest absolute Gasteiger partial charge is 0.296 e. The summed E-state index contributed by atoms with van der Waals surface area (Å²) in [5.41, 5.74) is -0.108. The van der Waals surface area contributed by atoms with E-state index in [1.807, 2.05) is 18.2 Å². The Bertz CT molecular complexity index is 1590. The summed E-state index contributed by atoms with van der Waals surface area (Å²) in [7, 11) is -9.44. The zero-order valence-electron chi connectivity index (χ0n) is 15.5. The Kier molecular flexibility index (Phi) is 4.98. The summed E-state index contributed by atoms with van der Waals surface area (Å²) in [5.74, 6) is -0.629. The highest BCUT2D eigenvalue weighted by Gasteiger charge is 2.23. The summed E-state index contributed by atoms with van der Waals surface area (Å²) in [5, 5.41) is 20.2. The highest BCUT2D eigenvalue weighted by atomic mass is 32.2. The van der Waals surface area contributed by atoms with Crippen molar-refractivity contribution in [1.29, 1.82) is 0 Å². The second-order valence-corrected chi connectivity index (χ2v) is 9.41. The third-order valence-corrected chi connectivity index (χ3v) is 6.34. The topological polar surface area (TPSA) is 154 Å². The van der Waals surface area contributed by atoms with Crippen LogP contribution in [0.2, 0.25) is 0 Å². The second-order valence-electron chi connectivity index (χ2n) is 6.60. The highest BCUT2D eigenvalue weighted by Crippen LogP contribution is 2.42. The zero-order chi connectivity index (χ0) is 22.4. The number of rotatable bonds is 4. The molecule has 0 bridgehead atoms. The summed E-state index contributed by atoms with van der Waals surface area (Å²) in [6, 6.07) is 16.7. The van der Waals surface area contributed by atoms with E-state index in [4.69, 9.17) is 0 Å². The Morgan fingerprint density at radius 1 is 0.677 bits per heavy atom. The van der Waals surface area contributed by atoms with E-state index in [0.717, 1.165) is 29.0 Å². The highest BCUT2D eigenvalue weighted by molar-refractivity contribution is 7.86. The third kappa shape index (κ3) is 3.99. The van der Waals surface area contributed by atoms with Crippen LogP contribution in [0.1, 0.15) is 0 Å². The summed E-state index contributed by atoms with van der Waals surface area (Å²) < 4.78 is 65.4. The fourth-order valence-electron chi connectivity index (χ4n) is 3.18. The summed E-state index contributed by atoms with van der Waals surface area (Å²) in [6.07, 6.45) is 0. The van der Waals surface area contributed by atoms with E-state index in [0.29, 0.717) is 5.69 Å². The minimum Gasteiger partial charge on any atom is -0.505 e. The number of fused-ring (bicyclic) bond motifs is 2. The van der Waals surface area contributed by atoms with E-state index < -0.39 is 41.5 Å². The van der Waals surface area contributed by atoms with E-state index in [-0.39, 0.29) is 10.8 Å². The van der Waals surface area contributed by atoms with Crippen molar-refractivity contribution < 1.29 is 31.0 Å². The van der Waals surface area contributed by atoms with Gasteiger partial charge in [0.25, 0.3) is 20.2 Å². The fourth-order valence-corrected chi connectivity index (χ4v) is 4.36. The van der Waals surface area contributed by atoms with E-state index in [1.165, 1.54) is 6.07 Å². The van der Waals surface area contributed by atoms with Gasteiger partial charge in [-0.3, -0.25) is 9.11 Å². The van der Waals surface area contributed by atoms with Gasteiger partial charge in [-0.05, 0) is 41.1 Å². The van der Waals surface area contributed by atoms with Crippen molar-refractivity contribution in [2.24, 2.45) is 10.2 Å². The van der Waals surface area contributed by atoms with E-state index in [9.17, 15) is 31.0 Å². The average molecular weight is 458 g/mol. The molecule has 0 saturated heterocycles. The summed E-state index contributed by atoms with van der Waals surface area (Å²) in [4.78, 5) is -1.28. The minimum atomic E-state index is -4.87. The Hall–Kier alpha value is -3.38. The van der Waals surface area contributed by atoms with Gasteiger partial charge in [0.1, 0.15) is 10.6 Å². The van der Waals surface area contributed by atoms with Gasteiger partial charge in [-0.15, -0.1) is 10.2 Å². The lowest BCUT2D eigenvalue weighted by molar-refractivity contribution is 0.472. The maximum Gasteiger partial charge on any atom is 0.296 e. The zero-order valence-corrected chi connectivity index (χ0v) is 17.2. The van der Waals surface area contributed by atoms with Gasteiger partial charge in [-0.2, -0.15) is 16.8 Å². The van der Waals surface area contributed by atoms with Crippen LogP contribution in [-0.4, -0.2) is 31.0 Å². The molecule has 0 aromatic heterocycles. The first-order valence-corrected chi connectivity index (χ1v) is 11.6. The van der Waals surface area contributed by atoms with Crippen molar-refractivity contribution in [2.45, 2.75) is 9.79 Å². The molecule has 11 heteroatoms. The maximum absolute atomic E-state index is 11.9. The molecule has 31 heavy (non-hydrogen) atoms. The first-order chi connectivity index (χ1) is 14.6. The van der Waals surface area contributed by atoms with Crippen LogP contribution in [0.4, 0.5) is 11.4 Å². The van der Waals surface area contributed by atoms with Crippen molar-refractivity contribution in [3.8, 4) is 5.75 Å². The van der Waals surface area contributed by atoms with Crippen LogP contribution in [0.25, 0.3) is 21.5 Å². The molecule has 0 spiro atoms. The van der Waals surface area contributed by atoms with Crippen LogP contribution < -0.4 is 0 Å². The van der Waals surface area contributed by atoms with E-state index in [1.54, 1.807) is 24.3 Å². The monoisotopic (exact) mass is 458 g/mol. The van der Waals surface area contributed by atoms with Crippen LogP contribution in [0.15, 0.2) is 86.7 Å². The molecular formula is C20H14N2O7S2. The largest absolute Gasteiger partial charge is 0.505 e. The fraction of sp³-hybridized carbons (Fsp3) is 0. The lowest BCUT2D eigenvalue weighted by Gasteiger charge is -2.10. The van der Waals surface area contributed by atoms with Crippen molar-refractivity contribution in [3.63, 3.8) is 0 Å². The number of hydrogen-bond donors (Lipinski definition) is 3. The van der Waals surface area contributed by atoms with Gasteiger partial charge in [0, 0.05) is 10.8 Å². The molecule has 0 saturated carbocycles. The van der Waals surface area contributed by atoms with Gasteiger partial charge in [0.2, 0.25) is 0 Å². The van der Waals surface area contributed by atoms with Gasteiger partial charge < -0.3 is 5.11 Å². The molecular weight excluding hydrogens is 444 g/mol.